The average Bonchev–Trinajstić information content (AvgIpc) is 3.14. The summed E-state index contributed by atoms with van der Waals surface area (Å²) in [6, 6.07) is 9.06. The van der Waals surface area contributed by atoms with Crippen LogP contribution in [0.1, 0.15) is 0 Å². The maximum Gasteiger partial charge on any atom is 0.394 e. The summed E-state index contributed by atoms with van der Waals surface area (Å²) < 4.78 is 43.2. The van der Waals surface area contributed by atoms with E-state index in [9.17, 15) is 18.0 Å². The number of carboxylic acid groups (broad SMARTS) is 1. The van der Waals surface area contributed by atoms with Crippen molar-refractivity contribution in [2.24, 2.45) is 11.8 Å². The summed E-state index contributed by atoms with van der Waals surface area (Å²) in [5, 5.41) is 9.34. The molecule has 2 atom stereocenters. The monoisotopic (exact) mass is 343 g/mol. The molecule has 0 amide bonds. The number of benzene rings is 1. The Morgan fingerprint density at radius 1 is 1.26 bits per heavy atom. The molecule has 1 fully saturated rings. The Morgan fingerprint density at radius 2 is 1.96 bits per heavy atom. The highest BCUT2D eigenvalue weighted by molar-refractivity contribution is 7.09. The number of alkyl halides is 3. The van der Waals surface area contributed by atoms with E-state index in [1.54, 1.807) is 12.1 Å². The van der Waals surface area contributed by atoms with Crippen LogP contribution in [0.2, 0.25) is 0 Å². The third-order valence-corrected chi connectivity index (χ3v) is 4.55. The Hall–Kier alpha value is -2.16. The molecule has 0 radical (unpaired) electrons. The molecule has 1 saturated heterocycles. The summed E-state index contributed by atoms with van der Waals surface area (Å²) in [7, 11) is 0. The van der Waals surface area contributed by atoms with Gasteiger partial charge in [-0.2, -0.15) is 22.5 Å². The highest BCUT2D eigenvalue weighted by Crippen LogP contribution is 2.40. The van der Waals surface area contributed by atoms with Crippen LogP contribution in [0.15, 0.2) is 30.3 Å². The summed E-state index contributed by atoms with van der Waals surface area (Å²) in [5.41, 5.74) is 0.761. The van der Waals surface area contributed by atoms with Gasteiger partial charge < -0.3 is 10.0 Å². The first kappa shape index (κ1) is 15.7. The van der Waals surface area contributed by atoms with Gasteiger partial charge in [0, 0.05) is 30.2 Å². The second kappa shape index (κ2) is 5.80. The Morgan fingerprint density at radius 3 is 2.52 bits per heavy atom. The number of nitrogens with zero attached hydrogens (tertiary/aromatic N) is 3. The van der Waals surface area contributed by atoms with Gasteiger partial charge in [0.25, 0.3) is 0 Å². The van der Waals surface area contributed by atoms with Gasteiger partial charge in [-0.15, -0.1) is 0 Å². The lowest BCUT2D eigenvalue weighted by Crippen LogP contribution is -2.33. The molecule has 23 heavy (non-hydrogen) atoms. The van der Waals surface area contributed by atoms with Crippen molar-refractivity contribution in [1.29, 1.82) is 0 Å². The van der Waals surface area contributed by atoms with Crippen molar-refractivity contribution in [3.63, 3.8) is 0 Å². The molecule has 2 heterocycles. The van der Waals surface area contributed by atoms with E-state index in [0.29, 0.717) is 11.0 Å². The number of hydrogen-bond acceptors (Lipinski definition) is 5. The van der Waals surface area contributed by atoms with Gasteiger partial charge in [0.15, 0.2) is 5.82 Å². The molecule has 2 aromatic rings. The first-order valence-corrected chi connectivity index (χ1v) is 7.57. The quantitative estimate of drug-likeness (QED) is 0.928. The molecule has 1 aliphatic heterocycles. The van der Waals surface area contributed by atoms with Crippen LogP contribution in [0.4, 0.5) is 18.3 Å². The maximum absolute atomic E-state index is 13.0. The lowest BCUT2D eigenvalue weighted by molar-refractivity contribution is -0.187. The van der Waals surface area contributed by atoms with Crippen LogP contribution in [0.3, 0.4) is 0 Å². The molecule has 0 bridgehead atoms. The highest BCUT2D eigenvalue weighted by Gasteiger charge is 2.53. The number of rotatable bonds is 3. The number of halogens is 3. The predicted molar refractivity (Wildman–Crippen MR) is 78.2 cm³/mol. The van der Waals surface area contributed by atoms with E-state index in [0.717, 1.165) is 17.1 Å². The zero-order valence-electron chi connectivity index (χ0n) is 11.7. The predicted octanol–water partition coefficient (Wildman–Crippen LogP) is 2.90. The standard InChI is InChI=1S/C14H12F3N3O2S/c15-14(16,17)10-7-20(6-9(10)12(21)22)13-18-11(19-23-13)8-4-2-1-3-5-8/h1-5,9-10H,6-7H2,(H,21,22)/t9-,10-/m1/s1. The van der Waals surface area contributed by atoms with Gasteiger partial charge in [-0.25, -0.2) is 0 Å². The van der Waals surface area contributed by atoms with Gasteiger partial charge in [0.1, 0.15) is 0 Å². The average molecular weight is 343 g/mol. The van der Waals surface area contributed by atoms with Crippen LogP contribution in [-0.2, 0) is 4.79 Å². The Bertz CT molecular complexity index is 705. The van der Waals surface area contributed by atoms with Crippen molar-refractivity contribution in [3.05, 3.63) is 30.3 Å². The van der Waals surface area contributed by atoms with Crippen molar-refractivity contribution in [3.8, 4) is 11.4 Å². The molecule has 9 heteroatoms. The summed E-state index contributed by atoms with van der Waals surface area (Å²) in [6.45, 7) is -0.632. The van der Waals surface area contributed by atoms with E-state index in [4.69, 9.17) is 5.11 Å². The zero-order valence-corrected chi connectivity index (χ0v) is 12.5. The second-order valence-electron chi connectivity index (χ2n) is 5.26. The van der Waals surface area contributed by atoms with Crippen LogP contribution >= 0.6 is 11.5 Å². The number of anilines is 1. The minimum absolute atomic E-state index is 0.219. The van der Waals surface area contributed by atoms with Gasteiger partial charge in [0.2, 0.25) is 5.13 Å². The molecular weight excluding hydrogens is 331 g/mol. The fourth-order valence-electron chi connectivity index (χ4n) is 2.59. The van der Waals surface area contributed by atoms with Crippen LogP contribution in [0, 0.1) is 11.8 Å². The van der Waals surface area contributed by atoms with Crippen LogP contribution in [0.5, 0.6) is 0 Å². The van der Waals surface area contributed by atoms with E-state index < -0.39 is 30.5 Å². The minimum Gasteiger partial charge on any atom is -0.481 e. The number of aromatic nitrogens is 2. The van der Waals surface area contributed by atoms with Crippen molar-refractivity contribution in [1.82, 2.24) is 9.36 Å². The molecular formula is C14H12F3N3O2S. The van der Waals surface area contributed by atoms with Crippen LogP contribution in [-0.4, -0.2) is 39.7 Å². The fourth-order valence-corrected chi connectivity index (χ4v) is 3.30. The van der Waals surface area contributed by atoms with Crippen molar-refractivity contribution in [2.45, 2.75) is 6.18 Å². The summed E-state index contributed by atoms with van der Waals surface area (Å²) in [4.78, 5) is 16.7. The van der Waals surface area contributed by atoms with Gasteiger partial charge in [-0.1, -0.05) is 30.3 Å². The molecule has 1 aromatic carbocycles. The van der Waals surface area contributed by atoms with Gasteiger partial charge in [-0.05, 0) is 0 Å². The Kier molecular flexibility index (Phi) is 3.97. The van der Waals surface area contributed by atoms with E-state index in [1.165, 1.54) is 4.90 Å². The van der Waals surface area contributed by atoms with Gasteiger partial charge in [0.05, 0.1) is 11.8 Å². The SMILES string of the molecule is O=C(O)[C@@H]1CN(c2nc(-c3ccccc3)ns2)C[C@H]1C(F)(F)F. The topological polar surface area (TPSA) is 66.3 Å². The van der Waals surface area contributed by atoms with E-state index in [1.807, 2.05) is 18.2 Å². The lowest BCUT2D eigenvalue weighted by Gasteiger charge is -2.17. The molecule has 3 rings (SSSR count). The fraction of sp³-hybridized carbons (Fsp3) is 0.357. The largest absolute Gasteiger partial charge is 0.481 e. The van der Waals surface area contributed by atoms with Crippen LogP contribution in [0.25, 0.3) is 11.4 Å². The van der Waals surface area contributed by atoms with E-state index in [-0.39, 0.29) is 6.54 Å². The normalized spacial score (nSPS) is 21.6. The molecule has 1 aromatic heterocycles. The molecule has 0 saturated carbocycles. The van der Waals surface area contributed by atoms with Crippen molar-refractivity contribution < 1.29 is 23.1 Å². The first-order chi connectivity index (χ1) is 10.9. The zero-order chi connectivity index (χ0) is 16.6. The molecule has 5 nitrogen and oxygen atoms in total. The van der Waals surface area contributed by atoms with Crippen molar-refractivity contribution >= 4 is 22.6 Å². The molecule has 1 aliphatic rings. The maximum atomic E-state index is 13.0. The first-order valence-electron chi connectivity index (χ1n) is 6.80. The van der Waals surface area contributed by atoms with E-state index in [2.05, 4.69) is 9.36 Å². The smallest absolute Gasteiger partial charge is 0.394 e. The van der Waals surface area contributed by atoms with Crippen molar-refractivity contribution in [2.75, 3.05) is 18.0 Å². The molecule has 0 spiro atoms. The minimum atomic E-state index is -4.55. The van der Waals surface area contributed by atoms with E-state index >= 15 is 0 Å². The number of hydrogen-bond donors (Lipinski definition) is 1. The lowest BCUT2D eigenvalue weighted by atomic mass is 9.96. The Labute approximate surface area is 133 Å². The van der Waals surface area contributed by atoms with Crippen LogP contribution < -0.4 is 4.90 Å². The molecule has 122 valence electrons. The summed E-state index contributed by atoms with van der Waals surface area (Å²) >= 11 is 0.973. The Balaban J connectivity index is 1.83. The number of aliphatic carboxylic acids is 1. The van der Waals surface area contributed by atoms with Gasteiger partial charge in [-0.3, -0.25) is 4.79 Å². The van der Waals surface area contributed by atoms with Gasteiger partial charge >= 0.3 is 12.1 Å². The third-order valence-electron chi connectivity index (χ3n) is 3.78. The second-order valence-corrected chi connectivity index (χ2v) is 5.99. The highest BCUT2D eigenvalue weighted by atomic mass is 32.1. The molecule has 0 aliphatic carbocycles. The molecule has 0 unspecified atom stereocenters. The summed E-state index contributed by atoms with van der Waals surface area (Å²) in [6.07, 6.45) is -4.55. The molecule has 1 N–H and O–H groups in total. The number of carboxylic acids is 1. The number of carbonyl (C=O) groups is 1. The third kappa shape index (κ3) is 3.14. The summed E-state index contributed by atoms with van der Waals surface area (Å²) in [5.74, 6) is -4.40.